The molecule has 0 unspecified atom stereocenters. The first-order valence-corrected chi connectivity index (χ1v) is 8.04. The van der Waals surface area contributed by atoms with Crippen molar-refractivity contribution in [1.29, 1.82) is 0 Å². The first kappa shape index (κ1) is 16.7. The number of ketones is 1. The van der Waals surface area contributed by atoms with Gasteiger partial charge in [0.2, 0.25) is 0 Å². The molecular formula is C19H26O3. The number of Topliss-reactive ketones (excluding diaryl/α,β-unsaturated/α-hetero) is 1. The normalized spacial score (nSPS) is 26.6. The van der Waals surface area contributed by atoms with Gasteiger partial charge in [-0.1, -0.05) is 45.9 Å². The molecule has 0 saturated heterocycles. The highest BCUT2D eigenvalue weighted by Crippen LogP contribution is 2.56. The van der Waals surface area contributed by atoms with E-state index in [0.29, 0.717) is 17.9 Å². The van der Waals surface area contributed by atoms with Crippen molar-refractivity contribution in [3.8, 4) is 0 Å². The van der Waals surface area contributed by atoms with Gasteiger partial charge >= 0.3 is 5.97 Å². The second-order valence-electron chi connectivity index (χ2n) is 7.17. The SMILES string of the molecule is C[C@H]1CC[C@@](C)(C(=O)CCOC(=O)c2ccccc2)C1(C)C. The first-order chi connectivity index (χ1) is 10.3. The van der Waals surface area contributed by atoms with Gasteiger partial charge in [0.1, 0.15) is 5.78 Å². The third-order valence-corrected chi connectivity index (χ3v) is 5.92. The fourth-order valence-electron chi connectivity index (χ4n) is 3.40. The molecule has 3 nitrogen and oxygen atoms in total. The van der Waals surface area contributed by atoms with E-state index in [1.807, 2.05) is 6.07 Å². The first-order valence-electron chi connectivity index (χ1n) is 8.04. The molecule has 0 aromatic heterocycles. The highest BCUT2D eigenvalue weighted by atomic mass is 16.5. The van der Waals surface area contributed by atoms with E-state index < -0.39 is 0 Å². The van der Waals surface area contributed by atoms with Crippen LogP contribution in [0.2, 0.25) is 0 Å². The van der Waals surface area contributed by atoms with E-state index in [9.17, 15) is 9.59 Å². The van der Waals surface area contributed by atoms with Crippen LogP contribution in [0.1, 0.15) is 57.3 Å². The van der Waals surface area contributed by atoms with E-state index in [2.05, 4.69) is 27.7 Å². The van der Waals surface area contributed by atoms with Gasteiger partial charge in [-0.15, -0.1) is 0 Å². The van der Waals surface area contributed by atoms with Crippen molar-refractivity contribution in [2.75, 3.05) is 6.61 Å². The molecule has 120 valence electrons. The van der Waals surface area contributed by atoms with Crippen molar-refractivity contribution >= 4 is 11.8 Å². The lowest BCUT2D eigenvalue weighted by Gasteiger charge is -2.39. The number of rotatable bonds is 5. The van der Waals surface area contributed by atoms with Gasteiger partial charge in [0.05, 0.1) is 12.2 Å². The minimum atomic E-state index is -0.363. The summed E-state index contributed by atoms with van der Waals surface area (Å²) in [6.45, 7) is 8.80. The molecule has 0 amide bonds. The third kappa shape index (κ3) is 2.94. The summed E-state index contributed by atoms with van der Waals surface area (Å²) in [7, 11) is 0. The van der Waals surface area contributed by atoms with E-state index in [1.54, 1.807) is 24.3 Å². The second-order valence-corrected chi connectivity index (χ2v) is 7.17. The zero-order valence-electron chi connectivity index (χ0n) is 14.0. The molecule has 1 fully saturated rings. The number of hydrogen-bond donors (Lipinski definition) is 0. The van der Waals surface area contributed by atoms with Gasteiger partial charge in [0.25, 0.3) is 0 Å². The summed E-state index contributed by atoms with van der Waals surface area (Å²) in [6, 6.07) is 8.88. The van der Waals surface area contributed by atoms with Crippen LogP contribution >= 0.6 is 0 Å². The Balaban J connectivity index is 1.90. The Labute approximate surface area is 133 Å². The van der Waals surface area contributed by atoms with Crippen molar-refractivity contribution in [3.63, 3.8) is 0 Å². The Morgan fingerprint density at radius 2 is 1.82 bits per heavy atom. The standard InChI is InChI=1S/C19H26O3/c1-14-10-12-19(4,18(14,2)3)16(20)11-13-22-17(21)15-8-6-5-7-9-15/h5-9,14H,10-13H2,1-4H3/t14-,19-/m0/s1. The van der Waals surface area contributed by atoms with Crippen molar-refractivity contribution in [3.05, 3.63) is 35.9 Å². The fraction of sp³-hybridized carbons (Fsp3) is 0.579. The molecule has 1 aliphatic rings. The van der Waals surface area contributed by atoms with Gasteiger partial charge in [-0.2, -0.15) is 0 Å². The molecule has 2 rings (SSSR count). The smallest absolute Gasteiger partial charge is 0.338 e. The summed E-state index contributed by atoms with van der Waals surface area (Å²) in [6.07, 6.45) is 2.30. The number of esters is 1. The Kier molecular flexibility index (Phi) is 4.74. The summed E-state index contributed by atoms with van der Waals surface area (Å²) in [5.41, 5.74) is 0.204. The predicted octanol–water partition coefficient (Wildman–Crippen LogP) is 4.27. The van der Waals surface area contributed by atoms with Crippen LogP contribution in [0.15, 0.2) is 30.3 Å². The van der Waals surface area contributed by atoms with Crippen LogP contribution in [0.4, 0.5) is 0 Å². The van der Waals surface area contributed by atoms with Crippen LogP contribution < -0.4 is 0 Å². The molecule has 1 aliphatic carbocycles. The van der Waals surface area contributed by atoms with E-state index in [0.717, 1.165) is 12.8 Å². The second kappa shape index (κ2) is 6.23. The van der Waals surface area contributed by atoms with Crippen LogP contribution in [0.25, 0.3) is 0 Å². The van der Waals surface area contributed by atoms with Gasteiger partial charge in [0.15, 0.2) is 0 Å². The quantitative estimate of drug-likeness (QED) is 0.763. The van der Waals surface area contributed by atoms with Crippen LogP contribution in [-0.2, 0) is 9.53 Å². The molecule has 0 spiro atoms. The Morgan fingerprint density at radius 1 is 1.18 bits per heavy atom. The van der Waals surface area contributed by atoms with Crippen LogP contribution in [-0.4, -0.2) is 18.4 Å². The number of carbonyl (C=O) groups is 2. The summed E-state index contributed by atoms with van der Waals surface area (Å²) in [5, 5.41) is 0. The molecule has 1 aromatic carbocycles. The molecule has 2 atom stereocenters. The van der Waals surface area contributed by atoms with E-state index in [1.165, 1.54) is 0 Å². The topological polar surface area (TPSA) is 43.4 Å². The molecule has 3 heteroatoms. The minimum Gasteiger partial charge on any atom is -0.462 e. The van der Waals surface area contributed by atoms with Gasteiger partial charge in [-0.05, 0) is 36.3 Å². The highest BCUT2D eigenvalue weighted by Gasteiger charge is 2.53. The van der Waals surface area contributed by atoms with Crippen LogP contribution in [0.3, 0.4) is 0 Å². The Hall–Kier alpha value is -1.64. The van der Waals surface area contributed by atoms with Crippen molar-refractivity contribution in [1.82, 2.24) is 0 Å². The molecule has 0 heterocycles. The summed E-state index contributed by atoms with van der Waals surface area (Å²) < 4.78 is 5.24. The highest BCUT2D eigenvalue weighted by molar-refractivity contribution is 5.90. The largest absolute Gasteiger partial charge is 0.462 e. The maximum absolute atomic E-state index is 12.7. The minimum absolute atomic E-state index is 0.00643. The number of benzene rings is 1. The Bertz CT molecular complexity index is 547. The molecule has 0 N–H and O–H groups in total. The average molecular weight is 302 g/mol. The number of ether oxygens (including phenoxy) is 1. The summed E-state index contributed by atoms with van der Waals surface area (Å²) in [5.74, 6) is 0.383. The van der Waals surface area contributed by atoms with Gasteiger partial charge < -0.3 is 4.74 Å². The van der Waals surface area contributed by atoms with Crippen molar-refractivity contribution < 1.29 is 14.3 Å². The molecule has 0 bridgehead atoms. The van der Waals surface area contributed by atoms with Gasteiger partial charge in [-0.3, -0.25) is 4.79 Å². The third-order valence-electron chi connectivity index (χ3n) is 5.92. The molecule has 1 aromatic rings. The predicted molar refractivity (Wildman–Crippen MR) is 86.6 cm³/mol. The zero-order chi connectivity index (χ0) is 16.4. The summed E-state index contributed by atoms with van der Waals surface area (Å²) in [4.78, 5) is 24.5. The fourth-order valence-corrected chi connectivity index (χ4v) is 3.40. The maximum atomic E-state index is 12.7. The molecule has 1 saturated carbocycles. The zero-order valence-corrected chi connectivity index (χ0v) is 14.0. The van der Waals surface area contributed by atoms with E-state index in [-0.39, 0.29) is 29.2 Å². The maximum Gasteiger partial charge on any atom is 0.338 e. The molecule has 22 heavy (non-hydrogen) atoms. The molecule has 0 aliphatic heterocycles. The van der Waals surface area contributed by atoms with E-state index >= 15 is 0 Å². The van der Waals surface area contributed by atoms with Crippen LogP contribution in [0.5, 0.6) is 0 Å². The van der Waals surface area contributed by atoms with Crippen molar-refractivity contribution in [2.24, 2.45) is 16.7 Å². The van der Waals surface area contributed by atoms with Gasteiger partial charge in [-0.25, -0.2) is 4.79 Å². The van der Waals surface area contributed by atoms with E-state index in [4.69, 9.17) is 4.74 Å². The number of carbonyl (C=O) groups excluding carboxylic acids is 2. The monoisotopic (exact) mass is 302 g/mol. The van der Waals surface area contributed by atoms with Gasteiger partial charge in [0, 0.05) is 11.8 Å². The lowest BCUT2D eigenvalue weighted by atomic mass is 9.63. The lowest BCUT2D eigenvalue weighted by Crippen LogP contribution is -2.40. The van der Waals surface area contributed by atoms with Crippen LogP contribution in [0, 0.1) is 16.7 Å². The lowest BCUT2D eigenvalue weighted by molar-refractivity contribution is -0.134. The number of hydrogen-bond acceptors (Lipinski definition) is 3. The average Bonchev–Trinajstić information content (AvgIpc) is 2.72. The molecular weight excluding hydrogens is 276 g/mol. The summed E-state index contributed by atoms with van der Waals surface area (Å²) >= 11 is 0. The molecule has 0 radical (unpaired) electrons. The Morgan fingerprint density at radius 3 is 2.36 bits per heavy atom. The van der Waals surface area contributed by atoms with Crippen molar-refractivity contribution in [2.45, 2.75) is 47.0 Å².